The van der Waals surface area contributed by atoms with Crippen LogP contribution in [0.4, 0.5) is 4.79 Å². The molecule has 2 aromatic carbocycles. The molecular weight excluding hydrogens is 746 g/mol. The van der Waals surface area contributed by atoms with Crippen LogP contribution in [0, 0.1) is 5.92 Å². The highest BCUT2D eigenvalue weighted by Crippen LogP contribution is 2.43. The molecule has 0 bridgehead atoms. The maximum absolute atomic E-state index is 12.7. The Bertz CT molecular complexity index is 1440. The summed E-state index contributed by atoms with van der Waals surface area (Å²) >= 11 is 7.12. The zero-order valence-electron chi connectivity index (χ0n) is 36.2. The SMILES string of the molecule is CCCCOC[C@H]1O[C@@H](c2cc(Cc3ccc(OCC)cc3)c(Cl)cc2OCC2CN(C(=O)OC(C)(C)C)C2)[C@H](OCCCC)[C@@H](OCCCC)[C@@H]1OCCCC. The molecule has 2 aliphatic rings. The van der Waals surface area contributed by atoms with Crippen LogP contribution in [0.1, 0.15) is 130 Å². The molecule has 2 saturated heterocycles. The van der Waals surface area contributed by atoms with Crippen molar-refractivity contribution >= 4 is 17.7 Å². The summed E-state index contributed by atoms with van der Waals surface area (Å²) in [6, 6.07) is 12.2. The van der Waals surface area contributed by atoms with E-state index in [0.717, 1.165) is 73.8 Å². The first-order valence-corrected chi connectivity index (χ1v) is 22.1. The van der Waals surface area contributed by atoms with Crippen LogP contribution in [-0.4, -0.2) is 100 Å². The van der Waals surface area contributed by atoms with Gasteiger partial charge in [-0.15, -0.1) is 0 Å². The van der Waals surface area contributed by atoms with Crippen LogP contribution >= 0.6 is 11.6 Å². The minimum absolute atomic E-state index is 0.137. The fraction of sp³-hybridized carbons (Fsp3) is 0.717. The zero-order valence-corrected chi connectivity index (χ0v) is 36.9. The Hall–Kier alpha value is -2.60. The number of amides is 1. The van der Waals surface area contributed by atoms with E-state index in [2.05, 4.69) is 45.9 Å². The number of nitrogens with zero attached hydrogens (tertiary/aromatic N) is 1. The van der Waals surface area contributed by atoms with Gasteiger partial charge < -0.3 is 42.8 Å². The first-order chi connectivity index (χ1) is 27.5. The summed E-state index contributed by atoms with van der Waals surface area (Å²) in [7, 11) is 0. The van der Waals surface area contributed by atoms with Crippen molar-refractivity contribution in [2.75, 3.05) is 59.3 Å². The quantitative estimate of drug-likeness (QED) is 0.0908. The van der Waals surface area contributed by atoms with Crippen molar-refractivity contribution in [2.45, 2.75) is 149 Å². The molecule has 57 heavy (non-hydrogen) atoms. The number of ether oxygens (including phenoxy) is 8. The van der Waals surface area contributed by atoms with E-state index >= 15 is 0 Å². The molecule has 1 amide bonds. The molecule has 2 aromatic rings. The Morgan fingerprint density at radius 3 is 1.96 bits per heavy atom. The van der Waals surface area contributed by atoms with E-state index in [1.165, 1.54) is 0 Å². The van der Waals surface area contributed by atoms with Gasteiger partial charge in [-0.3, -0.25) is 0 Å². The van der Waals surface area contributed by atoms with Gasteiger partial charge in [0, 0.05) is 56.0 Å². The third-order valence-corrected chi connectivity index (χ3v) is 10.5. The number of hydrogen-bond donors (Lipinski definition) is 0. The Kier molecular flexibility index (Phi) is 20.2. The Balaban J connectivity index is 1.74. The van der Waals surface area contributed by atoms with Gasteiger partial charge in [-0.05, 0) is 95.2 Å². The van der Waals surface area contributed by atoms with Gasteiger partial charge in [0.2, 0.25) is 0 Å². The normalized spacial score (nSPS) is 21.4. The minimum Gasteiger partial charge on any atom is -0.494 e. The Morgan fingerprint density at radius 2 is 1.37 bits per heavy atom. The number of hydrogen-bond acceptors (Lipinski definition) is 9. The molecule has 0 spiro atoms. The first-order valence-electron chi connectivity index (χ1n) is 21.7. The topological polar surface area (TPSA) is 94.2 Å². The van der Waals surface area contributed by atoms with Gasteiger partial charge in [0.05, 0.1) is 19.8 Å². The predicted molar refractivity (Wildman–Crippen MR) is 226 cm³/mol. The molecule has 5 atom stereocenters. The van der Waals surface area contributed by atoms with E-state index < -0.39 is 30.0 Å². The summed E-state index contributed by atoms with van der Waals surface area (Å²) in [6.07, 6.45) is 5.83. The summed E-state index contributed by atoms with van der Waals surface area (Å²) in [5.41, 5.74) is 2.34. The molecule has 10 nitrogen and oxygen atoms in total. The predicted octanol–water partition coefficient (Wildman–Crippen LogP) is 10.4. The standard InChI is InChI=1S/C46H72ClNO9/c1-9-14-22-50-32-40-42(52-23-15-10-2)44(54-25-17-12-4)43(53-24-16-11-3)41(56-40)37-27-35(26-33-18-20-36(21-19-33)51-13-5)38(47)28-39(37)55-31-34-29-48(30-34)45(49)57-46(6,7)8/h18-21,27-28,34,40-44H,9-17,22-26,29-32H2,1-8H3/t40-,41+,42-,43+,44+/m1/s1. The number of carbonyl (C=O) groups is 1. The average Bonchev–Trinajstić information content (AvgIpc) is 3.15. The van der Waals surface area contributed by atoms with Crippen molar-refractivity contribution < 1.29 is 42.7 Å². The number of likely N-dealkylation sites (tertiary alicyclic amines) is 1. The van der Waals surface area contributed by atoms with Crippen LogP contribution in [0.2, 0.25) is 5.02 Å². The van der Waals surface area contributed by atoms with Crippen molar-refractivity contribution in [3.8, 4) is 11.5 Å². The van der Waals surface area contributed by atoms with E-state index in [4.69, 9.17) is 49.5 Å². The molecule has 2 aliphatic heterocycles. The number of rotatable bonds is 25. The van der Waals surface area contributed by atoms with Crippen LogP contribution in [0.25, 0.3) is 0 Å². The van der Waals surface area contributed by atoms with Crippen LogP contribution in [0.15, 0.2) is 36.4 Å². The summed E-state index contributed by atoms with van der Waals surface area (Å²) in [6.45, 7) is 21.1. The van der Waals surface area contributed by atoms with Crippen molar-refractivity contribution in [3.63, 3.8) is 0 Å². The fourth-order valence-electron chi connectivity index (χ4n) is 6.96. The van der Waals surface area contributed by atoms with Gasteiger partial charge in [0.1, 0.15) is 47.6 Å². The third kappa shape index (κ3) is 14.9. The lowest BCUT2D eigenvalue weighted by molar-refractivity contribution is -0.268. The largest absolute Gasteiger partial charge is 0.494 e. The molecule has 0 radical (unpaired) electrons. The first kappa shape index (κ1) is 47.1. The van der Waals surface area contributed by atoms with Crippen molar-refractivity contribution in [1.29, 1.82) is 0 Å². The van der Waals surface area contributed by atoms with Gasteiger partial charge >= 0.3 is 6.09 Å². The highest BCUT2D eigenvalue weighted by molar-refractivity contribution is 6.31. The maximum Gasteiger partial charge on any atom is 0.410 e. The minimum atomic E-state index is -0.565. The maximum atomic E-state index is 12.7. The molecule has 2 heterocycles. The smallest absolute Gasteiger partial charge is 0.410 e. The molecule has 11 heteroatoms. The van der Waals surface area contributed by atoms with E-state index in [0.29, 0.717) is 76.5 Å². The van der Waals surface area contributed by atoms with Gasteiger partial charge in [0.25, 0.3) is 0 Å². The Labute approximate surface area is 348 Å². The van der Waals surface area contributed by atoms with Crippen molar-refractivity contribution in [2.24, 2.45) is 5.92 Å². The number of benzene rings is 2. The van der Waals surface area contributed by atoms with Crippen molar-refractivity contribution in [3.05, 3.63) is 58.1 Å². The number of carbonyl (C=O) groups excluding carboxylic acids is 1. The lowest BCUT2D eigenvalue weighted by Crippen LogP contribution is -2.58. The molecule has 4 rings (SSSR count). The molecule has 0 N–H and O–H groups in total. The highest BCUT2D eigenvalue weighted by Gasteiger charge is 2.49. The van der Waals surface area contributed by atoms with Crippen molar-refractivity contribution in [1.82, 2.24) is 4.90 Å². The van der Waals surface area contributed by atoms with E-state index in [9.17, 15) is 4.79 Å². The second kappa shape index (κ2) is 24.5. The summed E-state index contributed by atoms with van der Waals surface area (Å²) in [4.78, 5) is 14.4. The Morgan fingerprint density at radius 1 is 0.772 bits per heavy atom. The number of unbranched alkanes of at least 4 members (excludes halogenated alkanes) is 4. The molecule has 2 fully saturated rings. The molecule has 0 aliphatic carbocycles. The van der Waals surface area contributed by atoms with Crippen LogP contribution < -0.4 is 9.47 Å². The zero-order chi connectivity index (χ0) is 41.2. The summed E-state index contributed by atoms with van der Waals surface area (Å²) < 4.78 is 51.8. The van der Waals surface area contributed by atoms with Crippen LogP contribution in [0.3, 0.4) is 0 Å². The molecule has 0 unspecified atom stereocenters. The van der Waals surface area contributed by atoms with Crippen LogP contribution in [0.5, 0.6) is 11.5 Å². The number of halogens is 1. The highest BCUT2D eigenvalue weighted by atomic mass is 35.5. The lowest BCUT2D eigenvalue weighted by Gasteiger charge is -2.47. The van der Waals surface area contributed by atoms with E-state index in [1.54, 1.807) is 4.90 Å². The third-order valence-electron chi connectivity index (χ3n) is 10.2. The molecule has 0 saturated carbocycles. The second-order valence-electron chi connectivity index (χ2n) is 16.4. The molecule has 322 valence electrons. The molecular formula is C46H72ClNO9. The van der Waals surface area contributed by atoms with Crippen LogP contribution in [-0.2, 0) is 34.8 Å². The fourth-order valence-corrected chi connectivity index (χ4v) is 7.18. The lowest BCUT2D eigenvalue weighted by atomic mass is 9.88. The van der Waals surface area contributed by atoms with Gasteiger partial charge in [0.15, 0.2) is 0 Å². The van der Waals surface area contributed by atoms with E-state index in [1.807, 2.05) is 45.9 Å². The molecule has 0 aromatic heterocycles. The van der Waals surface area contributed by atoms with Gasteiger partial charge in [-0.25, -0.2) is 4.79 Å². The summed E-state index contributed by atoms with van der Waals surface area (Å²) in [5.74, 6) is 1.60. The van der Waals surface area contributed by atoms with E-state index in [-0.39, 0.29) is 18.1 Å². The van der Waals surface area contributed by atoms with Gasteiger partial charge in [-0.1, -0.05) is 77.1 Å². The van der Waals surface area contributed by atoms with Gasteiger partial charge in [-0.2, -0.15) is 0 Å². The second-order valence-corrected chi connectivity index (χ2v) is 16.8. The monoisotopic (exact) mass is 817 g/mol. The summed E-state index contributed by atoms with van der Waals surface area (Å²) in [5, 5.41) is 0.599. The average molecular weight is 819 g/mol.